The second-order valence-electron chi connectivity index (χ2n) is 5.52. The third-order valence-electron chi connectivity index (χ3n) is 3.12. The Hall–Kier alpha value is -2.40. The zero-order valence-electron chi connectivity index (χ0n) is 13.6. The molecule has 0 saturated carbocycles. The molecule has 0 radical (unpaired) electrons. The van der Waals surface area contributed by atoms with Crippen LogP contribution in [0.3, 0.4) is 0 Å². The van der Waals surface area contributed by atoms with Gasteiger partial charge in [0.2, 0.25) is 5.91 Å². The van der Waals surface area contributed by atoms with Crippen molar-refractivity contribution in [3.05, 3.63) is 54.4 Å². The largest absolute Gasteiger partial charge is 0.491 e. The van der Waals surface area contributed by atoms with Gasteiger partial charge < -0.3 is 15.4 Å². The van der Waals surface area contributed by atoms with E-state index < -0.39 is 0 Å². The first-order valence-corrected chi connectivity index (χ1v) is 7.79. The monoisotopic (exact) mass is 313 g/mol. The molecule has 5 nitrogen and oxygen atoms in total. The number of nitrogens with one attached hydrogen (secondary N) is 2. The minimum atomic E-state index is -0.00948. The Morgan fingerprint density at radius 3 is 2.48 bits per heavy atom. The molecule has 122 valence electrons. The van der Waals surface area contributed by atoms with Gasteiger partial charge >= 0.3 is 0 Å². The number of anilines is 1. The molecule has 2 aromatic rings. The fourth-order valence-corrected chi connectivity index (χ4v) is 2.05. The van der Waals surface area contributed by atoms with Crippen molar-refractivity contribution in [2.45, 2.75) is 32.9 Å². The van der Waals surface area contributed by atoms with Crippen molar-refractivity contribution in [1.82, 2.24) is 10.3 Å². The van der Waals surface area contributed by atoms with Crippen LogP contribution in [0.25, 0.3) is 0 Å². The summed E-state index contributed by atoms with van der Waals surface area (Å²) in [6, 6.07) is 11.3. The van der Waals surface area contributed by atoms with E-state index in [9.17, 15) is 4.79 Å². The molecule has 1 amide bonds. The van der Waals surface area contributed by atoms with Gasteiger partial charge in [-0.15, -0.1) is 0 Å². The quantitative estimate of drug-likeness (QED) is 0.735. The van der Waals surface area contributed by atoms with Gasteiger partial charge in [-0.05, 0) is 55.8 Å². The molecule has 0 aliphatic rings. The molecule has 23 heavy (non-hydrogen) atoms. The smallest absolute Gasteiger partial charge is 0.225 e. The summed E-state index contributed by atoms with van der Waals surface area (Å²) < 4.78 is 5.57. The van der Waals surface area contributed by atoms with E-state index in [-0.39, 0.29) is 12.0 Å². The van der Waals surface area contributed by atoms with Gasteiger partial charge in [0.1, 0.15) is 5.75 Å². The van der Waals surface area contributed by atoms with E-state index in [1.807, 2.05) is 50.2 Å². The predicted molar refractivity (Wildman–Crippen MR) is 91.4 cm³/mol. The number of hydrogen-bond acceptors (Lipinski definition) is 4. The van der Waals surface area contributed by atoms with Gasteiger partial charge in [-0.2, -0.15) is 0 Å². The number of benzene rings is 1. The molecule has 0 fully saturated rings. The van der Waals surface area contributed by atoms with E-state index in [1.54, 1.807) is 12.4 Å². The summed E-state index contributed by atoms with van der Waals surface area (Å²) in [6.45, 7) is 5.32. The molecule has 0 spiro atoms. The summed E-state index contributed by atoms with van der Waals surface area (Å²) in [5.74, 6) is 0.793. The Morgan fingerprint density at radius 1 is 1.13 bits per heavy atom. The lowest BCUT2D eigenvalue weighted by Gasteiger charge is -2.11. The number of ether oxygens (including phenoxy) is 1. The summed E-state index contributed by atoms with van der Waals surface area (Å²) in [7, 11) is 0. The standard InChI is InChI=1S/C18H23N3O2/c1-14(2)23-17-5-3-16(4-6-17)21-18(22)9-12-20-13-15-7-10-19-11-8-15/h3-8,10-11,14,20H,9,12-13H2,1-2H3,(H,21,22). The van der Waals surface area contributed by atoms with Crippen molar-refractivity contribution >= 4 is 11.6 Å². The Kier molecular flexibility index (Phi) is 6.56. The first-order valence-electron chi connectivity index (χ1n) is 7.79. The van der Waals surface area contributed by atoms with Gasteiger partial charge in [-0.25, -0.2) is 0 Å². The van der Waals surface area contributed by atoms with Crippen molar-refractivity contribution in [3.63, 3.8) is 0 Å². The van der Waals surface area contributed by atoms with Crippen LogP contribution in [0.1, 0.15) is 25.8 Å². The van der Waals surface area contributed by atoms with Crippen molar-refractivity contribution in [2.24, 2.45) is 0 Å². The fourth-order valence-electron chi connectivity index (χ4n) is 2.05. The summed E-state index contributed by atoms with van der Waals surface area (Å²) in [4.78, 5) is 15.9. The third-order valence-corrected chi connectivity index (χ3v) is 3.12. The van der Waals surface area contributed by atoms with Gasteiger partial charge in [0.15, 0.2) is 0 Å². The van der Waals surface area contributed by atoms with Crippen LogP contribution in [0.4, 0.5) is 5.69 Å². The number of carbonyl (C=O) groups is 1. The van der Waals surface area contributed by atoms with E-state index in [2.05, 4.69) is 15.6 Å². The van der Waals surface area contributed by atoms with E-state index in [0.29, 0.717) is 13.0 Å². The summed E-state index contributed by atoms with van der Waals surface area (Å²) in [6.07, 6.45) is 4.09. The average Bonchev–Trinajstić information content (AvgIpc) is 2.54. The maximum atomic E-state index is 11.9. The third kappa shape index (κ3) is 6.48. The Morgan fingerprint density at radius 2 is 1.83 bits per heavy atom. The van der Waals surface area contributed by atoms with E-state index >= 15 is 0 Å². The molecule has 2 rings (SSSR count). The number of pyridine rings is 1. The Bertz CT molecular complexity index is 597. The van der Waals surface area contributed by atoms with Crippen molar-refractivity contribution < 1.29 is 9.53 Å². The van der Waals surface area contributed by atoms with Crippen LogP contribution in [-0.4, -0.2) is 23.5 Å². The fraction of sp³-hybridized carbons (Fsp3) is 0.333. The van der Waals surface area contributed by atoms with Crippen molar-refractivity contribution in [1.29, 1.82) is 0 Å². The number of rotatable bonds is 8. The van der Waals surface area contributed by atoms with Crippen LogP contribution >= 0.6 is 0 Å². The normalized spacial score (nSPS) is 10.6. The van der Waals surface area contributed by atoms with Crippen LogP contribution in [0.5, 0.6) is 5.75 Å². The predicted octanol–water partition coefficient (Wildman–Crippen LogP) is 2.99. The summed E-state index contributed by atoms with van der Waals surface area (Å²) in [5.41, 5.74) is 1.93. The number of hydrogen-bond donors (Lipinski definition) is 2. The van der Waals surface area contributed by atoms with Crippen LogP contribution in [0.15, 0.2) is 48.8 Å². The maximum absolute atomic E-state index is 11.9. The van der Waals surface area contributed by atoms with Gasteiger partial charge in [0.05, 0.1) is 6.10 Å². The zero-order valence-corrected chi connectivity index (χ0v) is 13.6. The van der Waals surface area contributed by atoms with Gasteiger partial charge in [0, 0.05) is 37.6 Å². The second kappa shape index (κ2) is 8.90. The average molecular weight is 313 g/mol. The zero-order chi connectivity index (χ0) is 16.5. The molecule has 0 bridgehead atoms. The van der Waals surface area contributed by atoms with Gasteiger partial charge in [-0.3, -0.25) is 9.78 Å². The number of aromatic nitrogens is 1. The van der Waals surface area contributed by atoms with Crippen LogP contribution in [-0.2, 0) is 11.3 Å². The highest BCUT2D eigenvalue weighted by atomic mass is 16.5. The molecule has 2 N–H and O–H groups in total. The van der Waals surface area contributed by atoms with E-state index in [0.717, 1.165) is 23.5 Å². The number of amides is 1. The van der Waals surface area contributed by atoms with Crippen molar-refractivity contribution in [3.8, 4) is 5.75 Å². The SMILES string of the molecule is CC(C)Oc1ccc(NC(=O)CCNCc2ccncc2)cc1. The lowest BCUT2D eigenvalue weighted by molar-refractivity contribution is -0.116. The molecule has 1 heterocycles. The molecule has 1 aromatic heterocycles. The molecule has 0 saturated heterocycles. The van der Waals surface area contributed by atoms with Gasteiger partial charge in [-0.1, -0.05) is 0 Å². The molecule has 0 unspecified atom stereocenters. The van der Waals surface area contributed by atoms with Crippen LogP contribution in [0, 0.1) is 0 Å². The van der Waals surface area contributed by atoms with Gasteiger partial charge in [0.25, 0.3) is 0 Å². The lowest BCUT2D eigenvalue weighted by Crippen LogP contribution is -2.21. The van der Waals surface area contributed by atoms with Crippen LogP contribution in [0.2, 0.25) is 0 Å². The van der Waals surface area contributed by atoms with Crippen LogP contribution < -0.4 is 15.4 Å². The molecule has 5 heteroatoms. The topological polar surface area (TPSA) is 63.2 Å². The molecular formula is C18H23N3O2. The molecule has 0 atom stereocenters. The maximum Gasteiger partial charge on any atom is 0.225 e. The molecule has 0 aliphatic carbocycles. The first kappa shape index (κ1) is 17.0. The summed E-state index contributed by atoms with van der Waals surface area (Å²) >= 11 is 0. The Labute approximate surface area is 137 Å². The number of nitrogens with zero attached hydrogens (tertiary/aromatic N) is 1. The minimum Gasteiger partial charge on any atom is -0.491 e. The number of carbonyl (C=O) groups excluding carboxylic acids is 1. The Balaban J connectivity index is 1.68. The second-order valence-corrected chi connectivity index (χ2v) is 5.52. The molecular weight excluding hydrogens is 290 g/mol. The summed E-state index contributed by atoms with van der Waals surface area (Å²) in [5, 5.41) is 6.12. The highest BCUT2D eigenvalue weighted by Crippen LogP contribution is 2.16. The van der Waals surface area contributed by atoms with Crippen molar-refractivity contribution in [2.75, 3.05) is 11.9 Å². The first-order chi connectivity index (χ1) is 11.1. The highest BCUT2D eigenvalue weighted by Gasteiger charge is 2.03. The molecule has 1 aromatic carbocycles. The highest BCUT2D eigenvalue weighted by molar-refractivity contribution is 5.90. The molecule has 0 aliphatic heterocycles. The van der Waals surface area contributed by atoms with E-state index in [4.69, 9.17) is 4.74 Å². The lowest BCUT2D eigenvalue weighted by atomic mass is 10.2. The van der Waals surface area contributed by atoms with E-state index in [1.165, 1.54) is 0 Å². The minimum absolute atomic E-state index is 0.00948.